The molecule has 0 heterocycles. The van der Waals surface area contributed by atoms with Crippen LogP contribution in [0.4, 0.5) is 5.69 Å². The molecule has 0 unspecified atom stereocenters. The van der Waals surface area contributed by atoms with Crippen molar-refractivity contribution in [1.82, 2.24) is 0 Å². The minimum Gasteiger partial charge on any atom is -0.497 e. The molecule has 0 amide bonds. The van der Waals surface area contributed by atoms with Gasteiger partial charge in [-0.2, -0.15) is 0 Å². The Labute approximate surface area is 94.6 Å². The van der Waals surface area contributed by atoms with Crippen LogP contribution in [0.15, 0.2) is 29.8 Å². The molecule has 0 fully saturated rings. The van der Waals surface area contributed by atoms with Gasteiger partial charge in [0.05, 0.1) is 19.9 Å². The SMILES string of the molecule is COc1ccc(NC/C=C/Cl)c(OC)c1. The summed E-state index contributed by atoms with van der Waals surface area (Å²) in [5, 5.41) is 3.16. The molecule has 0 bridgehead atoms. The van der Waals surface area contributed by atoms with Crippen LogP contribution in [0, 0.1) is 0 Å². The monoisotopic (exact) mass is 227 g/mol. The summed E-state index contributed by atoms with van der Waals surface area (Å²) >= 11 is 5.42. The van der Waals surface area contributed by atoms with Crippen molar-refractivity contribution in [2.24, 2.45) is 0 Å². The van der Waals surface area contributed by atoms with Crippen molar-refractivity contribution < 1.29 is 9.47 Å². The van der Waals surface area contributed by atoms with Crippen LogP contribution in [0.25, 0.3) is 0 Å². The van der Waals surface area contributed by atoms with Gasteiger partial charge in [-0.1, -0.05) is 17.7 Å². The average molecular weight is 228 g/mol. The molecule has 1 rings (SSSR count). The molecule has 82 valence electrons. The number of ether oxygens (including phenoxy) is 2. The predicted molar refractivity (Wildman–Crippen MR) is 63.0 cm³/mol. The number of hydrogen-bond donors (Lipinski definition) is 1. The van der Waals surface area contributed by atoms with Gasteiger partial charge in [0.25, 0.3) is 0 Å². The van der Waals surface area contributed by atoms with Gasteiger partial charge >= 0.3 is 0 Å². The largest absolute Gasteiger partial charge is 0.497 e. The molecule has 1 aromatic carbocycles. The van der Waals surface area contributed by atoms with E-state index in [-0.39, 0.29) is 0 Å². The van der Waals surface area contributed by atoms with E-state index in [1.807, 2.05) is 24.3 Å². The highest BCUT2D eigenvalue weighted by molar-refractivity contribution is 6.25. The maximum atomic E-state index is 5.42. The molecule has 3 nitrogen and oxygen atoms in total. The normalized spacial score (nSPS) is 10.3. The number of methoxy groups -OCH3 is 2. The summed E-state index contributed by atoms with van der Waals surface area (Å²) in [6.07, 6.45) is 1.81. The lowest BCUT2D eigenvalue weighted by molar-refractivity contribution is 0.395. The highest BCUT2D eigenvalue weighted by Gasteiger charge is 2.02. The van der Waals surface area contributed by atoms with Gasteiger partial charge in [0, 0.05) is 18.1 Å². The third-order valence-corrected chi connectivity index (χ3v) is 2.09. The van der Waals surface area contributed by atoms with Gasteiger partial charge in [-0.3, -0.25) is 0 Å². The summed E-state index contributed by atoms with van der Waals surface area (Å²) < 4.78 is 10.3. The van der Waals surface area contributed by atoms with Crippen molar-refractivity contribution in [1.29, 1.82) is 0 Å². The smallest absolute Gasteiger partial charge is 0.145 e. The standard InChI is InChI=1S/C11H14ClNO2/c1-14-9-4-5-10(11(8-9)15-2)13-7-3-6-12/h3-6,8,13H,7H2,1-2H3/b6-3+. The Morgan fingerprint density at radius 1 is 1.33 bits per heavy atom. The van der Waals surface area contributed by atoms with E-state index in [2.05, 4.69) is 5.32 Å². The maximum absolute atomic E-state index is 5.42. The van der Waals surface area contributed by atoms with Crippen LogP contribution >= 0.6 is 11.6 Å². The van der Waals surface area contributed by atoms with Crippen LogP contribution in [0.5, 0.6) is 11.5 Å². The van der Waals surface area contributed by atoms with Gasteiger partial charge < -0.3 is 14.8 Å². The van der Waals surface area contributed by atoms with Gasteiger partial charge in [-0.05, 0) is 12.1 Å². The molecule has 1 N–H and O–H groups in total. The molecule has 0 aliphatic rings. The van der Waals surface area contributed by atoms with E-state index < -0.39 is 0 Å². The van der Waals surface area contributed by atoms with E-state index in [4.69, 9.17) is 21.1 Å². The summed E-state index contributed by atoms with van der Waals surface area (Å²) in [6, 6.07) is 5.60. The number of anilines is 1. The fourth-order valence-corrected chi connectivity index (χ4v) is 1.25. The molecule has 0 aliphatic heterocycles. The van der Waals surface area contributed by atoms with Crippen molar-refractivity contribution in [3.05, 3.63) is 29.8 Å². The molecule has 0 saturated heterocycles. The summed E-state index contributed by atoms with van der Waals surface area (Å²) in [5.74, 6) is 1.52. The Hall–Kier alpha value is -1.35. The molecule has 0 spiro atoms. The van der Waals surface area contributed by atoms with Crippen molar-refractivity contribution in [3.8, 4) is 11.5 Å². The van der Waals surface area contributed by atoms with Crippen LogP contribution in [0.2, 0.25) is 0 Å². The van der Waals surface area contributed by atoms with Gasteiger partial charge in [0.2, 0.25) is 0 Å². The zero-order chi connectivity index (χ0) is 11.1. The lowest BCUT2D eigenvalue weighted by atomic mass is 10.2. The third-order valence-electron chi connectivity index (χ3n) is 1.91. The first-order valence-corrected chi connectivity index (χ1v) is 4.96. The molecule has 15 heavy (non-hydrogen) atoms. The zero-order valence-electron chi connectivity index (χ0n) is 8.79. The Kier molecular flexibility index (Phi) is 4.84. The molecule has 1 aromatic rings. The van der Waals surface area contributed by atoms with Gasteiger partial charge in [-0.25, -0.2) is 0 Å². The first-order valence-electron chi connectivity index (χ1n) is 4.53. The number of rotatable bonds is 5. The minimum atomic E-state index is 0.659. The summed E-state index contributed by atoms with van der Waals surface area (Å²) in [5.41, 5.74) is 2.39. The fourth-order valence-electron chi connectivity index (χ4n) is 1.16. The number of hydrogen-bond acceptors (Lipinski definition) is 3. The fraction of sp³-hybridized carbons (Fsp3) is 0.273. The van der Waals surface area contributed by atoms with E-state index in [0.29, 0.717) is 6.54 Å². The van der Waals surface area contributed by atoms with Crippen LogP contribution in [-0.4, -0.2) is 20.8 Å². The van der Waals surface area contributed by atoms with E-state index in [0.717, 1.165) is 17.2 Å². The number of benzene rings is 1. The van der Waals surface area contributed by atoms with Gasteiger partial charge in [0.1, 0.15) is 11.5 Å². The lowest BCUT2D eigenvalue weighted by Crippen LogP contribution is -2.00. The first kappa shape index (κ1) is 11.7. The number of halogens is 1. The molecule has 0 aromatic heterocycles. The third kappa shape index (κ3) is 3.36. The van der Waals surface area contributed by atoms with Gasteiger partial charge in [0.15, 0.2) is 0 Å². The Balaban J connectivity index is 2.78. The molecule has 0 aliphatic carbocycles. The second kappa shape index (κ2) is 6.19. The lowest BCUT2D eigenvalue weighted by Gasteiger charge is -2.10. The average Bonchev–Trinajstić information content (AvgIpc) is 2.29. The molecule has 0 atom stereocenters. The van der Waals surface area contributed by atoms with Crippen molar-refractivity contribution in [2.75, 3.05) is 26.1 Å². The van der Waals surface area contributed by atoms with Crippen molar-refractivity contribution in [3.63, 3.8) is 0 Å². The Morgan fingerprint density at radius 3 is 2.73 bits per heavy atom. The molecule has 0 radical (unpaired) electrons. The molecular weight excluding hydrogens is 214 g/mol. The van der Waals surface area contributed by atoms with E-state index in [1.165, 1.54) is 5.54 Å². The van der Waals surface area contributed by atoms with E-state index in [9.17, 15) is 0 Å². The van der Waals surface area contributed by atoms with E-state index in [1.54, 1.807) is 14.2 Å². The Morgan fingerprint density at radius 2 is 2.13 bits per heavy atom. The molecule has 0 saturated carbocycles. The predicted octanol–water partition coefficient (Wildman–Crippen LogP) is 2.87. The highest BCUT2D eigenvalue weighted by Crippen LogP contribution is 2.28. The topological polar surface area (TPSA) is 30.5 Å². The van der Waals surface area contributed by atoms with Gasteiger partial charge in [-0.15, -0.1) is 0 Å². The molecular formula is C11H14ClNO2. The van der Waals surface area contributed by atoms with Crippen LogP contribution in [-0.2, 0) is 0 Å². The van der Waals surface area contributed by atoms with Crippen LogP contribution in [0.1, 0.15) is 0 Å². The minimum absolute atomic E-state index is 0.659. The summed E-state index contributed by atoms with van der Waals surface area (Å²) in [4.78, 5) is 0. The highest BCUT2D eigenvalue weighted by atomic mass is 35.5. The van der Waals surface area contributed by atoms with Crippen molar-refractivity contribution >= 4 is 17.3 Å². The maximum Gasteiger partial charge on any atom is 0.145 e. The number of nitrogens with one attached hydrogen (secondary N) is 1. The van der Waals surface area contributed by atoms with Crippen LogP contribution < -0.4 is 14.8 Å². The zero-order valence-corrected chi connectivity index (χ0v) is 9.54. The summed E-state index contributed by atoms with van der Waals surface area (Å²) in [6.45, 7) is 0.659. The van der Waals surface area contributed by atoms with E-state index >= 15 is 0 Å². The molecule has 4 heteroatoms. The first-order chi connectivity index (χ1) is 7.31. The summed E-state index contributed by atoms with van der Waals surface area (Å²) in [7, 11) is 3.25. The van der Waals surface area contributed by atoms with Crippen molar-refractivity contribution in [2.45, 2.75) is 0 Å². The van der Waals surface area contributed by atoms with Crippen LogP contribution in [0.3, 0.4) is 0 Å². The quantitative estimate of drug-likeness (QED) is 0.839. The Bertz CT molecular complexity index is 339. The second-order valence-electron chi connectivity index (χ2n) is 2.81. The second-order valence-corrected chi connectivity index (χ2v) is 3.06.